The molecule has 0 aromatic heterocycles. The lowest BCUT2D eigenvalue weighted by atomic mass is 9.76. The van der Waals surface area contributed by atoms with Gasteiger partial charge in [-0.1, -0.05) is 81.4 Å². The van der Waals surface area contributed by atoms with E-state index in [2.05, 4.69) is 43.1 Å². The fourth-order valence-corrected chi connectivity index (χ4v) is 3.49. The molecule has 0 bridgehead atoms. The lowest BCUT2D eigenvalue weighted by Crippen LogP contribution is -2.22. The SMILES string of the molecule is CC(C)(C)C1=CC(=CN=Nc2cccc3ccccc23)c2ccccc2C1=O. The maximum atomic E-state index is 12.9. The third-order valence-corrected chi connectivity index (χ3v) is 4.96. The number of rotatable bonds is 2. The minimum Gasteiger partial charge on any atom is -0.289 e. The van der Waals surface area contributed by atoms with Crippen molar-refractivity contribution in [1.82, 2.24) is 0 Å². The van der Waals surface area contributed by atoms with E-state index in [1.165, 1.54) is 0 Å². The predicted octanol–water partition coefficient (Wildman–Crippen LogP) is 7.13. The van der Waals surface area contributed by atoms with Crippen molar-refractivity contribution in [2.24, 2.45) is 15.6 Å². The molecule has 138 valence electrons. The van der Waals surface area contributed by atoms with Crippen LogP contribution in [0.5, 0.6) is 0 Å². The zero-order valence-electron chi connectivity index (χ0n) is 16.3. The highest BCUT2D eigenvalue weighted by Crippen LogP contribution is 2.37. The summed E-state index contributed by atoms with van der Waals surface area (Å²) in [4.78, 5) is 12.9. The van der Waals surface area contributed by atoms with Gasteiger partial charge in [-0.25, -0.2) is 0 Å². The first-order valence-electron chi connectivity index (χ1n) is 9.40. The summed E-state index contributed by atoms with van der Waals surface area (Å²) in [7, 11) is 0. The van der Waals surface area contributed by atoms with E-state index in [1.54, 1.807) is 6.20 Å². The van der Waals surface area contributed by atoms with Gasteiger partial charge in [-0.3, -0.25) is 4.79 Å². The average Bonchev–Trinajstić information content (AvgIpc) is 2.69. The molecule has 3 aromatic rings. The molecule has 0 saturated carbocycles. The Labute approximate surface area is 165 Å². The number of fused-ring (bicyclic) bond motifs is 2. The van der Waals surface area contributed by atoms with Gasteiger partial charge in [-0.05, 0) is 28.5 Å². The molecule has 0 radical (unpaired) electrons. The van der Waals surface area contributed by atoms with Crippen LogP contribution in [0, 0.1) is 5.41 Å². The summed E-state index contributed by atoms with van der Waals surface area (Å²) in [6.07, 6.45) is 3.70. The van der Waals surface area contributed by atoms with E-state index in [9.17, 15) is 4.79 Å². The summed E-state index contributed by atoms with van der Waals surface area (Å²) >= 11 is 0. The number of hydrogen-bond donors (Lipinski definition) is 0. The Hall–Kier alpha value is -3.33. The summed E-state index contributed by atoms with van der Waals surface area (Å²) in [5.74, 6) is 0.0891. The van der Waals surface area contributed by atoms with Crippen molar-refractivity contribution in [3.05, 3.63) is 95.7 Å². The van der Waals surface area contributed by atoms with Crippen molar-refractivity contribution < 1.29 is 4.79 Å². The highest BCUT2D eigenvalue weighted by Gasteiger charge is 2.30. The van der Waals surface area contributed by atoms with E-state index in [-0.39, 0.29) is 11.2 Å². The van der Waals surface area contributed by atoms with Gasteiger partial charge >= 0.3 is 0 Å². The molecule has 0 spiro atoms. The number of benzene rings is 3. The molecule has 3 aromatic carbocycles. The predicted molar refractivity (Wildman–Crippen MR) is 115 cm³/mol. The number of carbonyl (C=O) groups is 1. The molecule has 1 aliphatic carbocycles. The van der Waals surface area contributed by atoms with E-state index in [0.717, 1.165) is 38.7 Å². The second-order valence-electron chi connectivity index (χ2n) is 7.98. The van der Waals surface area contributed by atoms with E-state index < -0.39 is 0 Å². The molecule has 28 heavy (non-hydrogen) atoms. The first kappa shape index (κ1) is 18.1. The zero-order valence-corrected chi connectivity index (χ0v) is 16.3. The molecular formula is C25H22N2O. The zero-order chi connectivity index (χ0) is 19.7. The van der Waals surface area contributed by atoms with Crippen molar-refractivity contribution in [3.8, 4) is 0 Å². The molecule has 0 atom stereocenters. The van der Waals surface area contributed by atoms with Gasteiger partial charge in [0.1, 0.15) is 0 Å². The number of ketones is 1. The molecule has 0 aliphatic heterocycles. The topological polar surface area (TPSA) is 41.8 Å². The van der Waals surface area contributed by atoms with Crippen molar-refractivity contribution in [3.63, 3.8) is 0 Å². The number of allylic oxidation sites excluding steroid dienone is 3. The third-order valence-electron chi connectivity index (χ3n) is 4.96. The van der Waals surface area contributed by atoms with Crippen LogP contribution in [-0.2, 0) is 0 Å². The minimum atomic E-state index is -0.240. The Morgan fingerprint density at radius 2 is 1.50 bits per heavy atom. The molecule has 3 nitrogen and oxygen atoms in total. The van der Waals surface area contributed by atoms with Crippen LogP contribution in [-0.4, -0.2) is 5.78 Å². The summed E-state index contributed by atoms with van der Waals surface area (Å²) in [6.45, 7) is 6.17. The molecule has 0 N–H and O–H groups in total. The van der Waals surface area contributed by atoms with Gasteiger partial charge in [0.2, 0.25) is 0 Å². The fraction of sp³-hybridized carbons (Fsp3) is 0.160. The van der Waals surface area contributed by atoms with E-state index in [4.69, 9.17) is 0 Å². The van der Waals surface area contributed by atoms with Gasteiger partial charge < -0.3 is 0 Å². The molecular weight excluding hydrogens is 344 g/mol. The normalized spacial score (nSPS) is 15.9. The molecule has 0 heterocycles. The molecule has 0 amide bonds. The minimum absolute atomic E-state index is 0.0891. The number of nitrogens with zero attached hydrogens (tertiary/aromatic N) is 2. The van der Waals surface area contributed by atoms with Crippen LogP contribution in [0.4, 0.5) is 5.69 Å². The van der Waals surface area contributed by atoms with Crippen molar-refractivity contribution in [1.29, 1.82) is 0 Å². The Balaban J connectivity index is 1.78. The summed E-state index contributed by atoms with van der Waals surface area (Å²) in [5.41, 5.74) is 3.91. The number of azo groups is 1. The van der Waals surface area contributed by atoms with Gasteiger partial charge in [0.05, 0.1) is 11.9 Å². The maximum absolute atomic E-state index is 12.9. The highest BCUT2D eigenvalue weighted by molar-refractivity contribution is 6.16. The fourth-order valence-electron chi connectivity index (χ4n) is 3.49. The van der Waals surface area contributed by atoms with Crippen LogP contribution in [0.1, 0.15) is 36.7 Å². The van der Waals surface area contributed by atoms with Crippen LogP contribution >= 0.6 is 0 Å². The van der Waals surface area contributed by atoms with E-state index in [1.807, 2.05) is 60.7 Å². The van der Waals surface area contributed by atoms with Crippen LogP contribution in [0.25, 0.3) is 16.3 Å². The van der Waals surface area contributed by atoms with Gasteiger partial charge in [-0.2, -0.15) is 10.2 Å². The molecule has 0 unspecified atom stereocenters. The van der Waals surface area contributed by atoms with Gasteiger partial charge in [0.15, 0.2) is 5.78 Å². The summed E-state index contributed by atoms with van der Waals surface area (Å²) in [5, 5.41) is 11.0. The number of hydrogen-bond acceptors (Lipinski definition) is 3. The molecule has 0 fully saturated rings. The largest absolute Gasteiger partial charge is 0.289 e. The lowest BCUT2D eigenvalue weighted by molar-refractivity contribution is 0.101. The smallest absolute Gasteiger partial charge is 0.190 e. The van der Waals surface area contributed by atoms with Gasteiger partial charge in [-0.15, -0.1) is 0 Å². The molecule has 4 rings (SSSR count). The van der Waals surface area contributed by atoms with Crippen LogP contribution in [0.2, 0.25) is 0 Å². The Morgan fingerprint density at radius 3 is 2.29 bits per heavy atom. The Morgan fingerprint density at radius 1 is 0.821 bits per heavy atom. The first-order valence-corrected chi connectivity index (χ1v) is 9.40. The summed E-state index contributed by atoms with van der Waals surface area (Å²) < 4.78 is 0. The Bertz CT molecular complexity index is 1160. The molecule has 1 aliphatic rings. The summed E-state index contributed by atoms with van der Waals surface area (Å²) in [6, 6.07) is 21.8. The molecule has 3 heteroatoms. The quantitative estimate of drug-likeness (QED) is 0.445. The average molecular weight is 366 g/mol. The standard InChI is InChI=1S/C25H22N2O/c1-25(2,3)22-15-18(19-11-6-7-13-21(19)24(22)28)16-26-27-23-14-8-10-17-9-4-5-12-20(17)23/h4-16H,1-3H3. The highest BCUT2D eigenvalue weighted by atomic mass is 16.1. The van der Waals surface area contributed by atoms with E-state index in [0.29, 0.717) is 0 Å². The Kier molecular flexibility index (Phi) is 4.52. The number of carbonyl (C=O) groups excluding carboxylic acids is 1. The third kappa shape index (κ3) is 3.31. The molecule has 0 saturated heterocycles. The monoisotopic (exact) mass is 366 g/mol. The van der Waals surface area contributed by atoms with Crippen molar-refractivity contribution in [2.45, 2.75) is 20.8 Å². The lowest BCUT2D eigenvalue weighted by Gasteiger charge is -2.27. The van der Waals surface area contributed by atoms with Gasteiger partial charge in [0, 0.05) is 22.1 Å². The van der Waals surface area contributed by atoms with E-state index >= 15 is 0 Å². The van der Waals surface area contributed by atoms with Crippen LogP contribution < -0.4 is 0 Å². The second-order valence-corrected chi connectivity index (χ2v) is 7.98. The van der Waals surface area contributed by atoms with Crippen LogP contribution in [0.3, 0.4) is 0 Å². The second kappa shape index (κ2) is 7.01. The van der Waals surface area contributed by atoms with Crippen LogP contribution in [0.15, 0.2) is 94.8 Å². The van der Waals surface area contributed by atoms with Gasteiger partial charge in [0.25, 0.3) is 0 Å². The first-order chi connectivity index (χ1) is 13.4. The number of Topliss-reactive ketones (excluding diaryl/α,β-unsaturated/α-hetero) is 1. The van der Waals surface area contributed by atoms with Crippen molar-refractivity contribution in [2.75, 3.05) is 0 Å². The van der Waals surface area contributed by atoms with Crippen molar-refractivity contribution >= 4 is 27.8 Å². The maximum Gasteiger partial charge on any atom is 0.190 e.